The summed E-state index contributed by atoms with van der Waals surface area (Å²) >= 11 is 0. The van der Waals surface area contributed by atoms with Crippen molar-refractivity contribution in [3.05, 3.63) is 35.4 Å². The number of halogens is 1. The van der Waals surface area contributed by atoms with E-state index in [1.165, 1.54) is 0 Å². The second-order valence-electron chi connectivity index (χ2n) is 8.02. The number of benzene rings is 1. The van der Waals surface area contributed by atoms with Crippen molar-refractivity contribution in [3.8, 4) is 0 Å². The zero-order chi connectivity index (χ0) is 19.7. The zero-order valence-electron chi connectivity index (χ0n) is 16.8. The first-order valence-corrected chi connectivity index (χ1v) is 10.3. The molecule has 2 saturated heterocycles. The Bertz CT molecular complexity index is 794. The Morgan fingerprint density at radius 1 is 1.24 bits per heavy atom. The number of hydrogen-bond donors (Lipinski definition) is 2. The van der Waals surface area contributed by atoms with E-state index in [-0.39, 0.29) is 30.8 Å². The SMILES string of the molecule is CCNCC1CCN(C(=O)CN2C(=O)NC3(CCc4ccccc43)C2=O)CC1.Cl. The number of carbonyl (C=O) groups is 3. The number of fused-ring (bicyclic) bond motifs is 2. The summed E-state index contributed by atoms with van der Waals surface area (Å²) in [6.45, 7) is 5.22. The van der Waals surface area contributed by atoms with Gasteiger partial charge in [-0.05, 0) is 55.8 Å². The van der Waals surface area contributed by atoms with Crippen molar-refractivity contribution in [2.75, 3.05) is 32.7 Å². The van der Waals surface area contributed by atoms with Gasteiger partial charge in [-0.3, -0.25) is 14.5 Å². The third-order valence-corrected chi connectivity index (χ3v) is 6.37. The van der Waals surface area contributed by atoms with Crippen LogP contribution >= 0.6 is 12.4 Å². The molecule has 29 heavy (non-hydrogen) atoms. The topological polar surface area (TPSA) is 81.8 Å². The molecule has 1 spiro atoms. The van der Waals surface area contributed by atoms with Crippen molar-refractivity contribution in [1.82, 2.24) is 20.4 Å². The fourth-order valence-corrected chi connectivity index (χ4v) is 4.70. The van der Waals surface area contributed by atoms with E-state index in [1.807, 2.05) is 24.3 Å². The monoisotopic (exact) mass is 420 g/mol. The maximum absolute atomic E-state index is 13.2. The highest BCUT2D eigenvalue weighted by molar-refractivity contribution is 6.09. The van der Waals surface area contributed by atoms with E-state index in [4.69, 9.17) is 0 Å². The normalized spacial score (nSPS) is 23.9. The highest BCUT2D eigenvalue weighted by Crippen LogP contribution is 2.41. The van der Waals surface area contributed by atoms with Gasteiger partial charge in [-0.15, -0.1) is 12.4 Å². The van der Waals surface area contributed by atoms with Crippen LogP contribution in [0.3, 0.4) is 0 Å². The first kappa shape index (κ1) is 21.6. The molecule has 3 aliphatic rings. The van der Waals surface area contributed by atoms with Gasteiger partial charge in [0.05, 0.1) is 0 Å². The van der Waals surface area contributed by atoms with Gasteiger partial charge < -0.3 is 15.5 Å². The van der Waals surface area contributed by atoms with E-state index in [0.29, 0.717) is 25.4 Å². The fourth-order valence-electron chi connectivity index (χ4n) is 4.70. The standard InChI is InChI=1S/C21H28N4O3.ClH/c1-2-22-13-15-8-11-24(12-9-15)18(26)14-25-19(27)21(23-20(25)28)10-7-16-5-3-4-6-17(16)21;/h3-6,15,22H,2,7-14H2,1H3,(H,23,28);1H. The summed E-state index contributed by atoms with van der Waals surface area (Å²) in [5, 5.41) is 6.24. The van der Waals surface area contributed by atoms with Gasteiger partial charge in [0, 0.05) is 13.1 Å². The molecule has 0 aromatic heterocycles. The molecule has 0 radical (unpaired) electrons. The van der Waals surface area contributed by atoms with E-state index in [0.717, 1.165) is 48.4 Å². The predicted octanol–water partition coefficient (Wildman–Crippen LogP) is 1.65. The number of imide groups is 1. The number of hydrogen-bond acceptors (Lipinski definition) is 4. The molecule has 2 aliphatic heterocycles. The minimum atomic E-state index is -0.993. The number of nitrogens with zero attached hydrogens (tertiary/aromatic N) is 2. The lowest BCUT2D eigenvalue weighted by atomic mass is 9.92. The Balaban J connectivity index is 0.00000240. The van der Waals surface area contributed by atoms with Gasteiger partial charge in [0.25, 0.3) is 5.91 Å². The van der Waals surface area contributed by atoms with Crippen molar-refractivity contribution in [2.45, 2.75) is 38.1 Å². The molecule has 8 heteroatoms. The lowest BCUT2D eigenvalue weighted by Gasteiger charge is -2.33. The van der Waals surface area contributed by atoms with Gasteiger partial charge in [0.2, 0.25) is 5.91 Å². The van der Waals surface area contributed by atoms with Crippen LogP contribution in [0.15, 0.2) is 24.3 Å². The average Bonchev–Trinajstić information content (AvgIpc) is 3.20. The summed E-state index contributed by atoms with van der Waals surface area (Å²) in [4.78, 5) is 41.4. The molecule has 1 unspecified atom stereocenters. The third-order valence-electron chi connectivity index (χ3n) is 6.37. The summed E-state index contributed by atoms with van der Waals surface area (Å²) in [5.41, 5.74) is 0.965. The first-order chi connectivity index (χ1) is 13.5. The number of amides is 4. The van der Waals surface area contributed by atoms with Crippen LogP contribution in [0.4, 0.5) is 4.79 Å². The molecule has 4 rings (SSSR count). The number of likely N-dealkylation sites (tertiary alicyclic amines) is 1. The summed E-state index contributed by atoms with van der Waals surface area (Å²) in [6.07, 6.45) is 3.22. The maximum atomic E-state index is 13.2. The number of aryl methyl sites for hydroxylation is 1. The highest BCUT2D eigenvalue weighted by Gasteiger charge is 2.55. The highest BCUT2D eigenvalue weighted by atomic mass is 35.5. The number of urea groups is 1. The molecule has 1 atom stereocenters. The van der Waals surface area contributed by atoms with Crippen molar-refractivity contribution in [2.24, 2.45) is 5.92 Å². The molecule has 1 aromatic carbocycles. The summed E-state index contributed by atoms with van der Waals surface area (Å²) in [7, 11) is 0. The summed E-state index contributed by atoms with van der Waals surface area (Å²) in [6, 6.07) is 7.27. The molecule has 4 amide bonds. The first-order valence-electron chi connectivity index (χ1n) is 10.3. The quantitative estimate of drug-likeness (QED) is 0.709. The van der Waals surface area contributed by atoms with E-state index >= 15 is 0 Å². The van der Waals surface area contributed by atoms with Crippen LogP contribution in [0.1, 0.15) is 37.3 Å². The molecule has 1 aliphatic carbocycles. The largest absolute Gasteiger partial charge is 0.341 e. The molecule has 1 aromatic rings. The van der Waals surface area contributed by atoms with Gasteiger partial charge >= 0.3 is 6.03 Å². The van der Waals surface area contributed by atoms with Gasteiger partial charge in [-0.1, -0.05) is 31.2 Å². The predicted molar refractivity (Wildman–Crippen MR) is 112 cm³/mol. The van der Waals surface area contributed by atoms with Crippen LogP contribution in [0.5, 0.6) is 0 Å². The number of carbonyl (C=O) groups excluding carboxylic acids is 3. The summed E-state index contributed by atoms with van der Waals surface area (Å²) in [5.74, 6) is 0.144. The third kappa shape index (κ3) is 3.85. The van der Waals surface area contributed by atoms with E-state index in [1.54, 1.807) is 4.90 Å². The van der Waals surface area contributed by atoms with Gasteiger partial charge in [0.15, 0.2) is 0 Å². The second kappa shape index (κ2) is 8.71. The Hall–Kier alpha value is -2.12. The minimum absolute atomic E-state index is 0. The number of rotatable bonds is 5. The molecule has 7 nitrogen and oxygen atoms in total. The van der Waals surface area contributed by atoms with Crippen LogP contribution < -0.4 is 10.6 Å². The second-order valence-corrected chi connectivity index (χ2v) is 8.02. The fraction of sp³-hybridized carbons (Fsp3) is 0.571. The lowest BCUT2D eigenvalue weighted by Crippen LogP contribution is -2.47. The number of nitrogens with one attached hydrogen (secondary N) is 2. The van der Waals surface area contributed by atoms with E-state index < -0.39 is 11.6 Å². The molecular formula is C21H29ClN4O3. The van der Waals surface area contributed by atoms with Crippen LogP contribution in [-0.2, 0) is 21.5 Å². The van der Waals surface area contributed by atoms with Crippen LogP contribution in [-0.4, -0.2) is 60.4 Å². The molecule has 2 N–H and O–H groups in total. The Labute approximate surface area is 177 Å². The Morgan fingerprint density at radius 3 is 2.69 bits per heavy atom. The molecule has 0 saturated carbocycles. The van der Waals surface area contributed by atoms with Crippen molar-refractivity contribution < 1.29 is 14.4 Å². The molecule has 0 bridgehead atoms. The van der Waals surface area contributed by atoms with Gasteiger partial charge in [0.1, 0.15) is 12.1 Å². The molecular weight excluding hydrogens is 392 g/mol. The zero-order valence-corrected chi connectivity index (χ0v) is 17.6. The smallest absolute Gasteiger partial charge is 0.325 e. The van der Waals surface area contributed by atoms with E-state index in [9.17, 15) is 14.4 Å². The van der Waals surface area contributed by atoms with Crippen LogP contribution in [0.2, 0.25) is 0 Å². The van der Waals surface area contributed by atoms with Crippen LogP contribution in [0, 0.1) is 5.92 Å². The average molecular weight is 421 g/mol. The van der Waals surface area contributed by atoms with Crippen molar-refractivity contribution in [1.29, 1.82) is 0 Å². The van der Waals surface area contributed by atoms with Crippen molar-refractivity contribution >= 4 is 30.3 Å². The number of piperidine rings is 1. The van der Waals surface area contributed by atoms with E-state index in [2.05, 4.69) is 17.6 Å². The molecule has 158 valence electrons. The Kier molecular flexibility index (Phi) is 6.49. The Morgan fingerprint density at radius 2 is 1.97 bits per heavy atom. The molecule has 2 heterocycles. The minimum Gasteiger partial charge on any atom is -0.341 e. The van der Waals surface area contributed by atoms with Gasteiger partial charge in [-0.25, -0.2) is 4.79 Å². The lowest BCUT2D eigenvalue weighted by molar-refractivity contribution is -0.140. The summed E-state index contributed by atoms with van der Waals surface area (Å²) < 4.78 is 0. The molecule has 2 fully saturated rings. The maximum Gasteiger partial charge on any atom is 0.325 e. The van der Waals surface area contributed by atoms with Crippen LogP contribution in [0.25, 0.3) is 0 Å². The van der Waals surface area contributed by atoms with Crippen molar-refractivity contribution in [3.63, 3.8) is 0 Å². The van der Waals surface area contributed by atoms with Gasteiger partial charge in [-0.2, -0.15) is 0 Å².